The maximum Gasteiger partial charge on any atom is 0.313 e. The van der Waals surface area contributed by atoms with Gasteiger partial charge in [-0.1, -0.05) is 20.3 Å². The molecular weight excluding hydrogens is 287 g/mol. The van der Waals surface area contributed by atoms with E-state index in [1.54, 1.807) is 13.8 Å². The quantitative estimate of drug-likeness (QED) is 0.728. The van der Waals surface area contributed by atoms with E-state index in [9.17, 15) is 19.1 Å². The fourth-order valence-corrected chi connectivity index (χ4v) is 1.86. The van der Waals surface area contributed by atoms with Crippen molar-refractivity contribution in [1.29, 1.82) is 0 Å². The number of carbonyl (C=O) groups excluding carboxylic acids is 2. The Morgan fingerprint density at radius 1 is 1.36 bits per heavy atom. The van der Waals surface area contributed by atoms with E-state index in [4.69, 9.17) is 0 Å². The molecule has 122 valence electrons. The highest BCUT2D eigenvalue weighted by Gasteiger charge is 2.28. The molecule has 2 amide bonds. The number of aliphatic hydroxyl groups is 1. The van der Waals surface area contributed by atoms with E-state index in [1.165, 1.54) is 18.2 Å². The molecular formula is C16H23FN2O3. The fraction of sp³-hybridized carbons (Fsp3) is 0.500. The summed E-state index contributed by atoms with van der Waals surface area (Å²) in [5, 5.41) is 15.0. The van der Waals surface area contributed by atoms with E-state index < -0.39 is 17.4 Å². The molecule has 5 nitrogen and oxygen atoms in total. The average molecular weight is 310 g/mol. The zero-order chi connectivity index (χ0) is 16.9. The molecule has 2 atom stereocenters. The second-order valence-electron chi connectivity index (χ2n) is 5.77. The molecule has 0 radical (unpaired) electrons. The van der Waals surface area contributed by atoms with Gasteiger partial charge < -0.3 is 15.7 Å². The summed E-state index contributed by atoms with van der Waals surface area (Å²) in [6, 6.07) is 4.04. The molecule has 0 saturated carbocycles. The number of amides is 2. The third-order valence-electron chi connectivity index (χ3n) is 3.90. The van der Waals surface area contributed by atoms with Crippen molar-refractivity contribution in [1.82, 2.24) is 5.32 Å². The standard InChI is InChI=1S/C16H23FN2O3/c1-5-11(3)16(4,22)9-18-14(20)15(21)19-12-6-7-13(17)10(2)8-12/h6-8,11,22H,5,9H2,1-4H3,(H,18,20)(H,19,21). The molecule has 0 heterocycles. The van der Waals surface area contributed by atoms with Gasteiger partial charge in [0.1, 0.15) is 5.82 Å². The minimum absolute atomic E-state index is 0.0172. The summed E-state index contributed by atoms with van der Waals surface area (Å²) in [6.07, 6.45) is 0.754. The lowest BCUT2D eigenvalue weighted by Crippen LogP contribution is -2.47. The normalized spacial score (nSPS) is 14.8. The number of carbonyl (C=O) groups is 2. The Hall–Kier alpha value is -1.95. The van der Waals surface area contributed by atoms with Gasteiger partial charge in [0.2, 0.25) is 0 Å². The molecule has 3 N–H and O–H groups in total. The summed E-state index contributed by atoms with van der Waals surface area (Å²) in [5.41, 5.74) is -0.373. The molecule has 0 spiro atoms. The molecule has 0 aliphatic rings. The van der Waals surface area contributed by atoms with E-state index in [-0.39, 0.29) is 18.3 Å². The van der Waals surface area contributed by atoms with Crippen LogP contribution in [0.4, 0.5) is 10.1 Å². The number of nitrogens with one attached hydrogen (secondary N) is 2. The van der Waals surface area contributed by atoms with Gasteiger partial charge in [0.15, 0.2) is 0 Å². The number of hydrogen-bond donors (Lipinski definition) is 3. The molecule has 0 fully saturated rings. The van der Waals surface area contributed by atoms with Crippen LogP contribution in [0.2, 0.25) is 0 Å². The van der Waals surface area contributed by atoms with Crippen molar-refractivity contribution in [3.63, 3.8) is 0 Å². The first-order chi connectivity index (χ1) is 10.2. The lowest BCUT2D eigenvalue weighted by molar-refractivity contribution is -0.137. The van der Waals surface area contributed by atoms with Crippen molar-refractivity contribution >= 4 is 17.5 Å². The van der Waals surface area contributed by atoms with Crippen LogP contribution in [0.1, 0.15) is 32.8 Å². The zero-order valence-corrected chi connectivity index (χ0v) is 13.4. The van der Waals surface area contributed by atoms with Crippen molar-refractivity contribution in [3.8, 4) is 0 Å². The van der Waals surface area contributed by atoms with E-state index in [2.05, 4.69) is 10.6 Å². The Morgan fingerprint density at radius 2 is 2.00 bits per heavy atom. The second kappa shape index (κ2) is 7.35. The summed E-state index contributed by atoms with van der Waals surface area (Å²) in [4.78, 5) is 23.5. The molecule has 1 rings (SSSR count). The first-order valence-electron chi connectivity index (χ1n) is 7.25. The molecule has 0 aliphatic heterocycles. The van der Waals surface area contributed by atoms with Crippen LogP contribution in [0.5, 0.6) is 0 Å². The second-order valence-corrected chi connectivity index (χ2v) is 5.77. The summed E-state index contributed by atoms with van der Waals surface area (Å²) >= 11 is 0. The van der Waals surface area contributed by atoms with Crippen LogP contribution >= 0.6 is 0 Å². The summed E-state index contributed by atoms with van der Waals surface area (Å²) in [7, 11) is 0. The minimum atomic E-state index is -1.09. The van der Waals surface area contributed by atoms with Gasteiger partial charge in [-0.15, -0.1) is 0 Å². The molecule has 1 aromatic rings. The zero-order valence-electron chi connectivity index (χ0n) is 13.4. The van der Waals surface area contributed by atoms with Crippen LogP contribution in [-0.2, 0) is 9.59 Å². The van der Waals surface area contributed by atoms with Gasteiger partial charge in [0.25, 0.3) is 0 Å². The summed E-state index contributed by atoms with van der Waals surface area (Å²) in [5.74, 6) is -2.10. The number of hydrogen-bond acceptors (Lipinski definition) is 3. The monoisotopic (exact) mass is 310 g/mol. The van der Waals surface area contributed by atoms with Crippen LogP contribution in [0.3, 0.4) is 0 Å². The molecule has 0 bridgehead atoms. The topological polar surface area (TPSA) is 78.4 Å². The minimum Gasteiger partial charge on any atom is -0.388 e. The highest BCUT2D eigenvalue weighted by molar-refractivity contribution is 6.39. The van der Waals surface area contributed by atoms with Crippen LogP contribution in [-0.4, -0.2) is 29.1 Å². The predicted molar refractivity (Wildman–Crippen MR) is 82.9 cm³/mol. The van der Waals surface area contributed by atoms with Crippen molar-refractivity contribution < 1.29 is 19.1 Å². The van der Waals surface area contributed by atoms with E-state index >= 15 is 0 Å². The molecule has 0 saturated heterocycles. The van der Waals surface area contributed by atoms with Crippen LogP contribution < -0.4 is 10.6 Å². The highest BCUT2D eigenvalue weighted by Crippen LogP contribution is 2.18. The van der Waals surface area contributed by atoms with Gasteiger partial charge in [0.05, 0.1) is 5.60 Å². The van der Waals surface area contributed by atoms with E-state index in [0.717, 1.165) is 6.42 Å². The van der Waals surface area contributed by atoms with E-state index in [0.29, 0.717) is 11.3 Å². The first kappa shape index (κ1) is 18.1. The third kappa shape index (κ3) is 4.80. The van der Waals surface area contributed by atoms with Gasteiger partial charge in [0, 0.05) is 12.2 Å². The molecule has 0 aliphatic carbocycles. The number of rotatable bonds is 5. The van der Waals surface area contributed by atoms with E-state index in [1.807, 2.05) is 13.8 Å². The Morgan fingerprint density at radius 3 is 2.55 bits per heavy atom. The largest absolute Gasteiger partial charge is 0.388 e. The van der Waals surface area contributed by atoms with Crippen molar-refractivity contribution in [2.24, 2.45) is 5.92 Å². The Kier molecular flexibility index (Phi) is 6.05. The van der Waals surface area contributed by atoms with Crippen LogP contribution in [0.15, 0.2) is 18.2 Å². The summed E-state index contributed by atoms with van der Waals surface area (Å²) < 4.78 is 13.1. The lowest BCUT2D eigenvalue weighted by atomic mass is 9.89. The maximum absolute atomic E-state index is 13.1. The fourth-order valence-electron chi connectivity index (χ4n) is 1.86. The number of anilines is 1. The van der Waals surface area contributed by atoms with Gasteiger partial charge in [-0.05, 0) is 43.5 Å². The van der Waals surface area contributed by atoms with Crippen molar-refractivity contribution in [2.45, 2.75) is 39.7 Å². The van der Waals surface area contributed by atoms with Crippen molar-refractivity contribution in [2.75, 3.05) is 11.9 Å². The molecule has 6 heteroatoms. The lowest BCUT2D eigenvalue weighted by Gasteiger charge is -2.29. The van der Waals surface area contributed by atoms with Crippen LogP contribution in [0.25, 0.3) is 0 Å². The Balaban J connectivity index is 2.59. The van der Waals surface area contributed by atoms with Gasteiger partial charge in [-0.25, -0.2) is 4.39 Å². The Bertz CT molecular complexity index is 558. The van der Waals surface area contributed by atoms with Gasteiger partial charge in [-0.3, -0.25) is 9.59 Å². The SMILES string of the molecule is CCC(C)C(C)(O)CNC(=O)C(=O)Nc1ccc(F)c(C)c1. The average Bonchev–Trinajstić information content (AvgIpc) is 2.47. The number of halogens is 1. The van der Waals surface area contributed by atoms with Crippen LogP contribution in [0, 0.1) is 18.7 Å². The predicted octanol–water partition coefficient (Wildman–Crippen LogP) is 1.99. The number of benzene rings is 1. The summed E-state index contributed by atoms with van der Waals surface area (Å²) in [6.45, 7) is 6.96. The molecule has 0 aromatic heterocycles. The molecule has 2 unspecified atom stereocenters. The molecule has 1 aromatic carbocycles. The highest BCUT2D eigenvalue weighted by atomic mass is 19.1. The van der Waals surface area contributed by atoms with Crippen molar-refractivity contribution in [3.05, 3.63) is 29.6 Å². The third-order valence-corrected chi connectivity index (χ3v) is 3.90. The molecule has 22 heavy (non-hydrogen) atoms. The maximum atomic E-state index is 13.1. The Labute approximate surface area is 129 Å². The van der Waals surface area contributed by atoms with Gasteiger partial charge >= 0.3 is 11.8 Å². The first-order valence-corrected chi connectivity index (χ1v) is 7.25. The smallest absolute Gasteiger partial charge is 0.313 e. The van der Waals surface area contributed by atoms with Gasteiger partial charge in [-0.2, -0.15) is 0 Å². The number of aryl methyl sites for hydroxylation is 1.